The van der Waals surface area contributed by atoms with E-state index < -0.39 is 10.0 Å². The monoisotopic (exact) mass is 499 g/mol. The molecule has 11 heteroatoms. The molecular formula is C24H33N7O3S. The molecule has 1 atom stereocenters. The van der Waals surface area contributed by atoms with Gasteiger partial charge in [-0.15, -0.1) is 0 Å². The van der Waals surface area contributed by atoms with E-state index in [2.05, 4.69) is 39.5 Å². The second kappa shape index (κ2) is 10.1. The lowest BCUT2D eigenvalue weighted by molar-refractivity contribution is 0.153. The van der Waals surface area contributed by atoms with Crippen LogP contribution in [0.25, 0.3) is 5.65 Å². The first kappa shape index (κ1) is 24.0. The SMILES string of the molecule is CC(C)c1cnn2c(NCc3ccccc3S(=O)(=O)N3CCCC3)nc(OC3CCCNC3)nc12. The highest BCUT2D eigenvalue weighted by Gasteiger charge is 2.29. The van der Waals surface area contributed by atoms with E-state index in [1.807, 2.05) is 12.1 Å². The Labute approximate surface area is 206 Å². The third kappa shape index (κ3) is 4.98. The van der Waals surface area contributed by atoms with E-state index in [0.717, 1.165) is 44.3 Å². The summed E-state index contributed by atoms with van der Waals surface area (Å²) in [5, 5.41) is 11.2. The lowest BCUT2D eigenvalue weighted by Crippen LogP contribution is -2.37. The van der Waals surface area contributed by atoms with Crippen LogP contribution in [-0.2, 0) is 16.6 Å². The molecule has 0 saturated carbocycles. The van der Waals surface area contributed by atoms with Crippen LogP contribution in [0.3, 0.4) is 0 Å². The molecule has 3 aromatic rings. The number of rotatable bonds is 8. The molecule has 188 valence electrons. The fourth-order valence-electron chi connectivity index (χ4n) is 4.66. The van der Waals surface area contributed by atoms with Gasteiger partial charge in [0.15, 0.2) is 5.65 Å². The second-order valence-electron chi connectivity index (χ2n) is 9.48. The van der Waals surface area contributed by atoms with E-state index in [9.17, 15) is 8.42 Å². The number of nitrogens with zero attached hydrogens (tertiary/aromatic N) is 5. The van der Waals surface area contributed by atoms with E-state index in [4.69, 9.17) is 4.74 Å². The van der Waals surface area contributed by atoms with Crippen LogP contribution in [-0.4, -0.2) is 64.6 Å². The zero-order valence-corrected chi connectivity index (χ0v) is 21.1. The normalized spacial score (nSPS) is 19.5. The van der Waals surface area contributed by atoms with Crippen molar-refractivity contribution in [3.63, 3.8) is 0 Å². The minimum absolute atomic E-state index is 0.0100. The maximum atomic E-state index is 13.3. The Hall–Kier alpha value is -2.76. The predicted octanol–water partition coefficient (Wildman–Crippen LogP) is 2.78. The van der Waals surface area contributed by atoms with Crippen molar-refractivity contribution in [3.05, 3.63) is 41.6 Å². The van der Waals surface area contributed by atoms with Crippen LogP contribution in [0.15, 0.2) is 35.4 Å². The third-order valence-electron chi connectivity index (χ3n) is 6.61. The van der Waals surface area contributed by atoms with Crippen LogP contribution in [0, 0.1) is 0 Å². The average molecular weight is 500 g/mol. The molecule has 1 unspecified atom stereocenters. The van der Waals surface area contributed by atoms with Crippen molar-refractivity contribution >= 4 is 21.6 Å². The van der Waals surface area contributed by atoms with E-state index in [1.165, 1.54) is 0 Å². The summed E-state index contributed by atoms with van der Waals surface area (Å²) >= 11 is 0. The Kier molecular flexibility index (Phi) is 6.90. The standard InChI is InChI=1S/C24H33N7O3S/c1-17(2)20-16-27-31-22(20)28-24(34-19-9-7-11-25-15-19)29-23(31)26-14-18-8-3-4-10-21(18)35(32,33)30-12-5-6-13-30/h3-4,8,10,16-17,19,25H,5-7,9,11-15H2,1-2H3,(H,26,28,29). The van der Waals surface area contributed by atoms with E-state index in [1.54, 1.807) is 27.2 Å². The number of ether oxygens (including phenoxy) is 1. The van der Waals surface area contributed by atoms with Gasteiger partial charge >= 0.3 is 6.01 Å². The van der Waals surface area contributed by atoms with E-state index in [0.29, 0.717) is 41.2 Å². The van der Waals surface area contributed by atoms with Crippen LogP contribution >= 0.6 is 0 Å². The van der Waals surface area contributed by atoms with Crippen LogP contribution < -0.4 is 15.4 Å². The molecule has 2 aromatic heterocycles. The number of piperidine rings is 1. The number of nitrogens with one attached hydrogen (secondary N) is 2. The summed E-state index contributed by atoms with van der Waals surface area (Å²) in [6, 6.07) is 7.43. The quantitative estimate of drug-likeness (QED) is 0.486. The summed E-state index contributed by atoms with van der Waals surface area (Å²) in [7, 11) is -3.54. The third-order valence-corrected chi connectivity index (χ3v) is 8.61. The highest BCUT2D eigenvalue weighted by atomic mass is 32.2. The molecule has 0 radical (unpaired) electrons. The zero-order chi connectivity index (χ0) is 24.4. The van der Waals surface area contributed by atoms with Crippen molar-refractivity contribution < 1.29 is 13.2 Å². The first-order chi connectivity index (χ1) is 16.9. The lowest BCUT2D eigenvalue weighted by Gasteiger charge is -2.23. The smallest absolute Gasteiger partial charge is 0.322 e. The van der Waals surface area contributed by atoms with Gasteiger partial charge in [-0.1, -0.05) is 32.0 Å². The van der Waals surface area contributed by atoms with Gasteiger partial charge in [-0.05, 0) is 49.8 Å². The van der Waals surface area contributed by atoms with Crippen molar-refractivity contribution in [2.75, 3.05) is 31.5 Å². The first-order valence-electron chi connectivity index (χ1n) is 12.4. The molecule has 2 N–H and O–H groups in total. The Balaban J connectivity index is 1.45. The zero-order valence-electron chi connectivity index (χ0n) is 20.3. The molecule has 5 rings (SSSR count). The van der Waals surface area contributed by atoms with Gasteiger partial charge in [0.25, 0.3) is 0 Å². The molecule has 0 amide bonds. The fourth-order valence-corrected chi connectivity index (χ4v) is 6.40. The summed E-state index contributed by atoms with van der Waals surface area (Å²) in [6.45, 7) is 7.35. The van der Waals surface area contributed by atoms with Crippen molar-refractivity contribution in [1.82, 2.24) is 29.2 Å². The Morgan fingerprint density at radius 2 is 1.97 bits per heavy atom. The highest BCUT2D eigenvalue weighted by Crippen LogP contribution is 2.26. The van der Waals surface area contributed by atoms with E-state index in [-0.39, 0.29) is 18.6 Å². The summed E-state index contributed by atoms with van der Waals surface area (Å²) < 4.78 is 35.9. The van der Waals surface area contributed by atoms with Crippen LogP contribution in [0.2, 0.25) is 0 Å². The molecule has 0 aliphatic carbocycles. The lowest BCUT2D eigenvalue weighted by atomic mass is 10.1. The Morgan fingerprint density at radius 3 is 2.71 bits per heavy atom. The summed E-state index contributed by atoms with van der Waals surface area (Å²) in [5.74, 6) is 0.694. The number of hydrogen-bond donors (Lipinski definition) is 2. The van der Waals surface area contributed by atoms with Gasteiger partial charge in [-0.3, -0.25) is 0 Å². The molecule has 2 aliphatic heterocycles. The Morgan fingerprint density at radius 1 is 1.17 bits per heavy atom. The summed E-state index contributed by atoms with van der Waals surface area (Å²) in [4.78, 5) is 9.62. The molecule has 2 aliphatic rings. The average Bonchev–Trinajstić information content (AvgIpc) is 3.54. The molecule has 1 aromatic carbocycles. The molecule has 2 fully saturated rings. The topological polar surface area (TPSA) is 114 Å². The number of sulfonamides is 1. The number of anilines is 1. The molecule has 4 heterocycles. The van der Waals surface area contributed by atoms with Gasteiger partial charge in [-0.25, -0.2) is 8.42 Å². The minimum atomic E-state index is -3.54. The molecule has 0 bridgehead atoms. The van der Waals surface area contributed by atoms with Crippen molar-refractivity contribution in [2.45, 2.75) is 63.0 Å². The number of fused-ring (bicyclic) bond motifs is 1. The number of aromatic nitrogens is 4. The van der Waals surface area contributed by atoms with Crippen molar-refractivity contribution in [1.29, 1.82) is 0 Å². The largest absolute Gasteiger partial charge is 0.459 e. The summed E-state index contributed by atoms with van der Waals surface area (Å²) in [6.07, 6.45) is 5.60. The molecule has 0 spiro atoms. The van der Waals surface area contributed by atoms with Crippen LogP contribution in [0.4, 0.5) is 5.95 Å². The van der Waals surface area contributed by atoms with Crippen molar-refractivity contribution in [2.24, 2.45) is 0 Å². The van der Waals surface area contributed by atoms with Crippen LogP contribution in [0.1, 0.15) is 56.6 Å². The van der Waals surface area contributed by atoms with E-state index >= 15 is 0 Å². The molecule has 35 heavy (non-hydrogen) atoms. The van der Waals surface area contributed by atoms with Crippen LogP contribution in [0.5, 0.6) is 6.01 Å². The van der Waals surface area contributed by atoms with Gasteiger partial charge in [0.1, 0.15) is 6.10 Å². The van der Waals surface area contributed by atoms with Gasteiger partial charge in [-0.2, -0.15) is 23.9 Å². The maximum absolute atomic E-state index is 13.3. The predicted molar refractivity (Wildman–Crippen MR) is 133 cm³/mol. The number of hydrogen-bond acceptors (Lipinski definition) is 8. The summed E-state index contributed by atoms with van der Waals surface area (Å²) in [5.41, 5.74) is 2.37. The highest BCUT2D eigenvalue weighted by molar-refractivity contribution is 7.89. The maximum Gasteiger partial charge on any atom is 0.322 e. The second-order valence-corrected chi connectivity index (χ2v) is 11.4. The van der Waals surface area contributed by atoms with Gasteiger partial charge in [0, 0.05) is 31.7 Å². The Bertz CT molecular complexity index is 1280. The van der Waals surface area contributed by atoms with Gasteiger partial charge in [0.05, 0.1) is 11.1 Å². The van der Waals surface area contributed by atoms with Gasteiger partial charge in [0.2, 0.25) is 16.0 Å². The fraction of sp³-hybridized carbons (Fsp3) is 0.542. The molecular weight excluding hydrogens is 466 g/mol. The minimum Gasteiger partial charge on any atom is -0.459 e. The molecule has 2 saturated heterocycles. The molecule has 10 nitrogen and oxygen atoms in total. The van der Waals surface area contributed by atoms with Gasteiger partial charge < -0.3 is 15.4 Å². The van der Waals surface area contributed by atoms with Crippen molar-refractivity contribution in [3.8, 4) is 6.01 Å². The number of benzene rings is 1. The first-order valence-corrected chi connectivity index (χ1v) is 13.8.